The molecule has 118 valence electrons. The molecule has 1 saturated heterocycles. The molecule has 2 heterocycles. The van der Waals surface area contributed by atoms with Gasteiger partial charge in [0.15, 0.2) is 0 Å². The van der Waals surface area contributed by atoms with E-state index in [1.165, 1.54) is 5.56 Å². The first-order valence-corrected chi connectivity index (χ1v) is 8.84. The highest BCUT2D eigenvalue weighted by Crippen LogP contribution is 2.12. The summed E-state index contributed by atoms with van der Waals surface area (Å²) in [5.74, 6) is 0.315. The van der Waals surface area contributed by atoms with Gasteiger partial charge in [-0.15, -0.1) is 0 Å². The Morgan fingerprint density at radius 1 is 1.33 bits per heavy atom. The van der Waals surface area contributed by atoms with Gasteiger partial charge in [-0.1, -0.05) is 13.8 Å². The average molecular weight is 309 g/mol. The molecule has 1 amide bonds. The zero-order valence-corrected chi connectivity index (χ0v) is 14.0. The van der Waals surface area contributed by atoms with E-state index < -0.39 is 0 Å². The van der Waals surface area contributed by atoms with E-state index in [-0.39, 0.29) is 0 Å². The van der Waals surface area contributed by atoms with Gasteiger partial charge in [-0.3, -0.25) is 9.69 Å². The molecule has 1 aromatic rings. The third-order valence-electron chi connectivity index (χ3n) is 3.83. The molecule has 1 aromatic heterocycles. The van der Waals surface area contributed by atoms with Crippen molar-refractivity contribution in [3.8, 4) is 0 Å². The predicted octanol–water partition coefficient (Wildman–Crippen LogP) is 2.17. The fourth-order valence-electron chi connectivity index (χ4n) is 2.58. The van der Waals surface area contributed by atoms with Gasteiger partial charge in [-0.25, -0.2) is 0 Å². The quantitative estimate of drug-likeness (QED) is 0.784. The van der Waals surface area contributed by atoms with Crippen LogP contribution in [0.3, 0.4) is 0 Å². The molecule has 1 N–H and O–H groups in total. The van der Waals surface area contributed by atoms with Crippen LogP contribution in [0.25, 0.3) is 0 Å². The van der Waals surface area contributed by atoms with Gasteiger partial charge in [-0.2, -0.15) is 11.3 Å². The molecule has 4 nitrogen and oxygen atoms in total. The van der Waals surface area contributed by atoms with Crippen molar-refractivity contribution >= 4 is 17.2 Å². The molecular weight excluding hydrogens is 282 g/mol. The fourth-order valence-corrected chi connectivity index (χ4v) is 3.24. The smallest absolute Gasteiger partial charge is 0.222 e. The first-order valence-electron chi connectivity index (χ1n) is 7.89. The summed E-state index contributed by atoms with van der Waals surface area (Å²) >= 11 is 1.75. The van der Waals surface area contributed by atoms with Crippen molar-refractivity contribution in [3.63, 3.8) is 0 Å². The minimum atomic E-state index is 0.315. The number of carbonyl (C=O) groups is 1. The maximum atomic E-state index is 12.1. The second kappa shape index (κ2) is 8.51. The van der Waals surface area contributed by atoms with Crippen LogP contribution in [-0.2, 0) is 11.3 Å². The van der Waals surface area contributed by atoms with Crippen LogP contribution in [0.2, 0.25) is 0 Å². The lowest BCUT2D eigenvalue weighted by atomic mass is 10.2. The third kappa shape index (κ3) is 5.77. The van der Waals surface area contributed by atoms with Crippen molar-refractivity contribution in [2.75, 3.05) is 32.7 Å². The molecule has 1 aliphatic heterocycles. The number of rotatable bonds is 7. The van der Waals surface area contributed by atoms with Gasteiger partial charge in [0.2, 0.25) is 5.91 Å². The maximum absolute atomic E-state index is 12.1. The van der Waals surface area contributed by atoms with Crippen LogP contribution in [-0.4, -0.2) is 54.5 Å². The van der Waals surface area contributed by atoms with Crippen LogP contribution in [0.4, 0.5) is 0 Å². The van der Waals surface area contributed by atoms with Crippen molar-refractivity contribution in [2.24, 2.45) is 0 Å². The molecule has 0 bridgehead atoms. The first-order chi connectivity index (χ1) is 10.1. The van der Waals surface area contributed by atoms with E-state index in [9.17, 15) is 4.79 Å². The molecule has 0 aromatic carbocycles. The summed E-state index contributed by atoms with van der Waals surface area (Å²) in [6, 6.07) is 2.69. The van der Waals surface area contributed by atoms with Gasteiger partial charge >= 0.3 is 0 Å². The van der Waals surface area contributed by atoms with E-state index in [0.29, 0.717) is 18.4 Å². The van der Waals surface area contributed by atoms with Gasteiger partial charge in [0.05, 0.1) is 0 Å². The Bertz CT molecular complexity index is 411. The minimum absolute atomic E-state index is 0.315. The summed E-state index contributed by atoms with van der Waals surface area (Å²) in [6.45, 7) is 9.95. The standard InChI is InChI=1S/C16H27N3OS/c1-14(2)17-6-3-4-16(20)19-9-7-18(8-10-19)12-15-5-11-21-13-15/h5,11,13-14,17H,3-4,6-10,12H2,1-2H3. The summed E-state index contributed by atoms with van der Waals surface area (Å²) in [6.07, 6.45) is 1.61. The van der Waals surface area contributed by atoms with Crippen LogP contribution in [0.5, 0.6) is 0 Å². The molecule has 1 aliphatic rings. The summed E-state index contributed by atoms with van der Waals surface area (Å²) in [4.78, 5) is 16.6. The Morgan fingerprint density at radius 3 is 2.71 bits per heavy atom. The second-order valence-corrected chi connectivity index (χ2v) is 6.78. The molecule has 0 atom stereocenters. The molecule has 2 rings (SSSR count). The fraction of sp³-hybridized carbons (Fsp3) is 0.688. The van der Waals surface area contributed by atoms with Crippen LogP contribution in [0, 0.1) is 0 Å². The second-order valence-electron chi connectivity index (χ2n) is 6.00. The Hall–Kier alpha value is -0.910. The lowest BCUT2D eigenvalue weighted by Gasteiger charge is -2.34. The van der Waals surface area contributed by atoms with E-state index in [1.807, 2.05) is 4.90 Å². The van der Waals surface area contributed by atoms with Crippen LogP contribution < -0.4 is 5.32 Å². The van der Waals surface area contributed by atoms with Gasteiger partial charge < -0.3 is 10.2 Å². The van der Waals surface area contributed by atoms with Crippen molar-refractivity contribution in [3.05, 3.63) is 22.4 Å². The molecular formula is C16H27N3OS. The monoisotopic (exact) mass is 309 g/mol. The minimum Gasteiger partial charge on any atom is -0.340 e. The molecule has 0 spiro atoms. The van der Waals surface area contributed by atoms with E-state index in [2.05, 4.69) is 40.9 Å². The number of hydrogen-bond acceptors (Lipinski definition) is 4. The lowest BCUT2D eigenvalue weighted by Crippen LogP contribution is -2.48. The zero-order valence-electron chi connectivity index (χ0n) is 13.2. The van der Waals surface area contributed by atoms with Crippen LogP contribution in [0.1, 0.15) is 32.3 Å². The Balaban J connectivity index is 1.62. The van der Waals surface area contributed by atoms with Crippen molar-refractivity contribution in [1.29, 1.82) is 0 Å². The van der Waals surface area contributed by atoms with Gasteiger partial charge in [0.1, 0.15) is 0 Å². The first kappa shape index (κ1) is 16.5. The Labute approximate surface area is 132 Å². The van der Waals surface area contributed by atoms with Gasteiger partial charge in [-0.05, 0) is 35.4 Å². The Kier molecular flexibility index (Phi) is 6.67. The van der Waals surface area contributed by atoms with Crippen molar-refractivity contribution in [1.82, 2.24) is 15.1 Å². The van der Waals surface area contributed by atoms with Crippen LogP contribution >= 0.6 is 11.3 Å². The number of piperazine rings is 1. The zero-order chi connectivity index (χ0) is 15.1. The highest BCUT2D eigenvalue weighted by atomic mass is 32.1. The Morgan fingerprint density at radius 2 is 2.10 bits per heavy atom. The van der Waals surface area contributed by atoms with Gasteiger partial charge in [0, 0.05) is 45.2 Å². The maximum Gasteiger partial charge on any atom is 0.222 e. The van der Waals surface area contributed by atoms with Gasteiger partial charge in [0.25, 0.3) is 0 Å². The molecule has 21 heavy (non-hydrogen) atoms. The normalized spacial score (nSPS) is 16.6. The number of nitrogens with one attached hydrogen (secondary N) is 1. The molecule has 1 fully saturated rings. The van der Waals surface area contributed by atoms with Crippen molar-refractivity contribution in [2.45, 2.75) is 39.3 Å². The number of amides is 1. The van der Waals surface area contributed by atoms with Crippen LogP contribution in [0.15, 0.2) is 16.8 Å². The predicted molar refractivity (Wildman–Crippen MR) is 88.5 cm³/mol. The summed E-state index contributed by atoms with van der Waals surface area (Å²) in [7, 11) is 0. The average Bonchev–Trinajstić information content (AvgIpc) is 2.97. The SMILES string of the molecule is CC(C)NCCCC(=O)N1CCN(Cc2ccsc2)CC1. The number of thiophene rings is 1. The van der Waals surface area contributed by atoms with Crippen molar-refractivity contribution < 1.29 is 4.79 Å². The highest BCUT2D eigenvalue weighted by molar-refractivity contribution is 7.07. The number of carbonyl (C=O) groups excluding carboxylic acids is 1. The number of nitrogens with zero attached hydrogens (tertiary/aromatic N) is 2. The largest absolute Gasteiger partial charge is 0.340 e. The van der Waals surface area contributed by atoms with E-state index in [1.54, 1.807) is 11.3 Å². The molecule has 5 heteroatoms. The summed E-state index contributed by atoms with van der Waals surface area (Å²) in [5.41, 5.74) is 1.39. The van der Waals surface area contributed by atoms with E-state index >= 15 is 0 Å². The summed E-state index contributed by atoms with van der Waals surface area (Å²) < 4.78 is 0. The highest BCUT2D eigenvalue weighted by Gasteiger charge is 2.20. The third-order valence-corrected chi connectivity index (χ3v) is 4.56. The molecule has 0 aliphatic carbocycles. The van der Waals surface area contributed by atoms with E-state index in [0.717, 1.165) is 45.7 Å². The molecule has 0 unspecified atom stereocenters. The lowest BCUT2D eigenvalue weighted by molar-refractivity contribution is -0.133. The van der Waals surface area contributed by atoms with E-state index in [4.69, 9.17) is 0 Å². The molecule has 0 saturated carbocycles. The summed E-state index contributed by atoms with van der Waals surface area (Å²) in [5, 5.41) is 7.69. The number of hydrogen-bond donors (Lipinski definition) is 1. The molecule has 0 radical (unpaired) electrons. The topological polar surface area (TPSA) is 35.6 Å².